The molecular weight excluding hydrogens is 547 g/mol. The monoisotopic (exact) mass is 566 g/mol. The first kappa shape index (κ1) is 28.0. The van der Waals surface area contributed by atoms with Crippen LogP contribution in [-0.2, 0) is 27.5 Å². The lowest BCUT2D eigenvalue weighted by atomic mass is 10.1. The summed E-state index contributed by atoms with van der Waals surface area (Å²) in [6.45, 7) is -1.38. The molecule has 2 aromatic heterocycles. The van der Waals surface area contributed by atoms with Crippen LogP contribution in [0.3, 0.4) is 0 Å². The Hall–Kier alpha value is -4.03. The zero-order valence-corrected chi connectivity index (χ0v) is 20.7. The highest BCUT2D eigenvalue weighted by Gasteiger charge is 2.44. The van der Waals surface area contributed by atoms with Crippen molar-refractivity contribution in [2.24, 2.45) is 5.92 Å². The van der Waals surface area contributed by atoms with E-state index in [1.165, 1.54) is 6.07 Å². The van der Waals surface area contributed by atoms with E-state index in [2.05, 4.69) is 20.3 Å². The molecule has 0 spiro atoms. The van der Waals surface area contributed by atoms with Gasteiger partial charge in [-0.15, -0.1) is 0 Å². The Morgan fingerprint density at radius 3 is 2.38 bits per heavy atom. The molecule has 39 heavy (non-hydrogen) atoms. The fraction of sp³-hybridized carbons (Fsp3) is 0.292. The maximum Gasteiger partial charge on any atom is 0.451 e. The summed E-state index contributed by atoms with van der Waals surface area (Å²) in [6.07, 6.45) is -1.83. The number of alkyl halides is 4. The predicted molar refractivity (Wildman–Crippen MR) is 125 cm³/mol. The number of rotatable bonds is 7. The van der Waals surface area contributed by atoms with Gasteiger partial charge in [0.2, 0.25) is 21.8 Å². The van der Waals surface area contributed by atoms with Crippen molar-refractivity contribution in [1.82, 2.24) is 24.6 Å². The second-order valence-electron chi connectivity index (χ2n) is 8.65. The third-order valence-electron chi connectivity index (χ3n) is 6.05. The summed E-state index contributed by atoms with van der Waals surface area (Å²) < 4.78 is 92.2. The number of halogens is 5. The highest BCUT2D eigenvalue weighted by atomic mass is 32.2. The Balaban J connectivity index is 1.55. The normalized spacial score (nSPS) is 18.1. The van der Waals surface area contributed by atoms with Gasteiger partial charge < -0.3 is 5.32 Å². The molecule has 3 aromatic rings. The number of nitriles is 1. The lowest BCUT2D eigenvalue weighted by molar-refractivity contribution is -0.145. The van der Waals surface area contributed by atoms with Crippen LogP contribution in [0.2, 0.25) is 0 Å². The van der Waals surface area contributed by atoms with E-state index in [0.29, 0.717) is 0 Å². The molecule has 3 heterocycles. The molecule has 204 valence electrons. The summed E-state index contributed by atoms with van der Waals surface area (Å²) in [5, 5.41) is 12.0. The van der Waals surface area contributed by atoms with Crippen LogP contribution in [0.1, 0.15) is 23.4 Å². The molecule has 2 atom stereocenters. The number of hydrogen-bond donors (Lipinski definition) is 1. The van der Waals surface area contributed by atoms with E-state index >= 15 is 0 Å². The smallest absolute Gasteiger partial charge is 0.351 e. The molecule has 0 unspecified atom stereocenters. The second-order valence-corrected chi connectivity index (χ2v) is 10.5. The van der Waals surface area contributed by atoms with Crippen molar-refractivity contribution in [2.45, 2.75) is 30.1 Å². The van der Waals surface area contributed by atoms with E-state index in [-0.39, 0.29) is 46.8 Å². The van der Waals surface area contributed by atoms with Gasteiger partial charge >= 0.3 is 6.18 Å². The van der Waals surface area contributed by atoms with E-state index in [1.807, 2.05) is 6.07 Å². The molecule has 1 N–H and O–H groups in total. The fourth-order valence-electron chi connectivity index (χ4n) is 4.06. The molecule has 4 rings (SSSR count). The van der Waals surface area contributed by atoms with Gasteiger partial charge in [-0.25, -0.2) is 22.8 Å². The number of aromatic nitrogens is 3. The molecule has 1 aliphatic heterocycles. The van der Waals surface area contributed by atoms with Crippen LogP contribution >= 0.6 is 0 Å². The highest BCUT2D eigenvalue weighted by molar-refractivity contribution is 7.89. The van der Waals surface area contributed by atoms with Gasteiger partial charge in [0.25, 0.3) is 0 Å². The van der Waals surface area contributed by atoms with E-state index in [1.54, 1.807) is 0 Å². The maximum absolute atomic E-state index is 13.5. The molecule has 1 saturated heterocycles. The molecule has 1 fully saturated rings. The standard InChI is InChI=1S/C24H19F5N6O3S/c25-7-14-5-21(35(13-14)39(37,38)19-3-1-18(26)2-4-19)22(36)32-9-15-6-20(31-10-16(15)8-30)17-11-33-23(34-12-17)24(27,28)29/h1-4,6,10-12,14,21H,5,7,9,13H2,(H,32,36)/t14-,21-/m0/s1. The third-order valence-corrected chi connectivity index (χ3v) is 7.94. The van der Waals surface area contributed by atoms with Gasteiger partial charge in [0, 0.05) is 43.2 Å². The van der Waals surface area contributed by atoms with Crippen LogP contribution in [0.5, 0.6) is 0 Å². The first-order chi connectivity index (χ1) is 18.4. The van der Waals surface area contributed by atoms with Gasteiger partial charge in [0.05, 0.1) is 22.8 Å². The third kappa shape index (κ3) is 6.02. The molecular formula is C24H19F5N6O3S. The van der Waals surface area contributed by atoms with Gasteiger partial charge in [-0.1, -0.05) is 0 Å². The maximum atomic E-state index is 13.5. The minimum absolute atomic E-state index is 0.0516. The lowest BCUT2D eigenvalue weighted by Gasteiger charge is -2.23. The van der Waals surface area contributed by atoms with Gasteiger partial charge in [-0.3, -0.25) is 14.2 Å². The van der Waals surface area contributed by atoms with E-state index in [0.717, 1.165) is 47.2 Å². The van der Waals surface area contributed by atoms with Crippen molar-refractivity contribution in [3.05, 3.63) is 71.7 Å². The molecule has 1 aromatic carbocycles. The van der Waals surface area contributed by atoms with Crippen LogP contribution < -0.4 is 5.32 Å². The fourth-order valence-corrected chi connectivity index (χ4v) is 5.73. The Morgan fingerprint density at radius 2 is 1.79 bits per heavy atom. The topological polar surface area (TPSA) is 129 Å². The van der Waals surface area contributed by atoms with Crippen molar-refractivity contribution in [3.63, 3.8) is 0 Å². The SMILES string of the molecule is N#Cc1cnc(-c2cnc(C(F)(F)F)nc2)cc1CNC(=O)[C@@H]1C[C@@H](CF)CN1S(=O)(=O)c1ccc(F)cc1. The summed E-state index contributed by atoms with van der Waals surface area (Å²) in [4.78, 5) is 23.4. The summed E-state index contributed by atoms with van der Waals surface area (Å²) in [5.41, 5.74) is 0.545. The first-order valence-electron chi connectivity index (χ1n) is 11.3. The molecule has 0 bridgehead atoms. The van der Waals surface area contributed by atoms with Crippen molar-refractivity contribution in [3.8, 4) is 17.3 Å². The molecule has 1 amide bonds. The van der Waals surface area contributed by atoms with E-state index in [9.17, 15) is 40.4 Å². The van der Waals surface area contributed by atoms with Gasteiger partial charge in [0.15, 0.2) is 0 Å². The minimum atomic E-state index is -4.73. The Kier molecular flexibility index (Phi) is 7.89. The highest BCUT2D eigenvalue weighted by Crippen LogP contribution is 2.31. The zero-order chi connectivity index (χ0) is 28.4. The number of nitrogens with one attached hydrogen (secondary N) is 1. The molecule has 9 nitrogen and oxygen atoms in total. The van der Waals surface area contributed by atoms with Crippen molar-refractivity contribution >= 4 is 15.9 Å². The van der Waals surface area contributed by atoms with Crippen LogP contribution in [0.15, 0.2) is 53.8 Å². The largest absolute Gasteiger partial charge is 0.451 e. The molecule has 15 heteroatoms. The Labute approximate surface area is 219 Å². The summed E-state index contributed by atoms with van der Waals surface area (Å²) in [5.74, 6) is -3.48. The number of carbonyl (C=O) groups is 1. The van der Waals surface area contributed by atoms with E-state index in [4.69, 9.17) is 0 Å². The van der Waals surface area contributed by atoms with Gasteiger partial charge in [0.1, 0.15) is 17.9 Å². The summed E-state index contributed by atoms with van der Waals surface area (Å²) in [7, 11) is -4.26. The number of benzene rings is 1. The number of carbonyl (C=O) groups excluding carboxylic acids is 1. The minimum Gasteiger partial charge on any atom is -0.351 e. The Bertz CT molecular complexity index is 1510. The molecule has 0 saturated carbocycles. The van der Waals surface area contributed by atoms with Gasteiger partial charge in [-0.05, 0) is 42.3 Å². The van der Waals surface area contributed by atoms with Crippen molar-refractivity contribution in [1.29, 1.82) is 5.26 Å². The van der Waals surface area contributed by atoms with Crippen molar-refractivity contribution in [2.75, 3.05) is 13.2 Å². The lowest BCUT2D eigenvalue weighted by Crippen LogP contribution is -2.45. The Morgan fingerprint density at radius 1 is 1.13 bits per heavy atom. The van der Waals surface area contributed by atoms with Crippen LogP contribution in [-0.4, -0.2) is 52.8 Å². The zero-order valence-electron chi connectivity index (χ0n) is 19.9. The number of nitrogens with zero attached hydrogens (tertiary/aromatic N) is 5. The number of sulfonamides is 1. The number of hydrogen-bond acceptors (Lipinski definition) is 7. The second kappa shape index (κ2) is 11.0. The van der Waals surface area contributed by atoms with Crippen LogP contribution in [0.4, 0.5) is 22.0 Å². The number of pyridine rings is 1. The van der Waals surface area contributed by atoms with Crippen LogP contribution in [0.25, 0.3) is 11.3 Å². The van der Waals surface area contributed by atoms with Crippen LogP contribution in [0, 0.1) is 23.1 Å². The predicted octanol–water partition coefficient (Wildman–Crippen LogP) is 3.23. The molecule has 0 aliphatic carbocycles. The molecule has 0 radical (unpaired) electrons. The average Bonchev–Trinajstić information content (AvgIpc) is 3.37. The summed E-state index contributed by atoms with van der Waals surface area (Å²) >= 11 is 0. The first-order valence-corrected chi connectivity index (χ1v) is 12.8. The van der Waals surface area contributed by atoms with Gasteiger partial charge in [-0.2, -0.15) is 22.7 Å². The molecule has 1 aliphatic rings. The average molecular weight is 567 g/mol. The summed E-state index contributed by atoms with van der Waals surface area (Å²) in [6, 6.07) is 5.99. The number of amides is 1. The quantitative estimate of drug-likeness (QED) is 0.435. The van der Waals surface area contributed by atoms with E-state index < -0.39 is 52.4 Å². The van der Waals surface area contributed by atoms with Crippen molar-refractivity contribution < 1.29 is 35.2 Å².